The van der Waals surface area contributed by atoms with Crippen molar-refractivity contribution in [1.29, 1.82) is 0 Å². The molecule has 0 radical (unpaired) electrons. The fourth-order valence-corrected chi connectivity index (χ4v) is 2.44. The van der Waals surface area contributed by atoms with Crippen molar-refractivity contribution in [3.63, 3.8) is 0 Å². The third-order valence-corrected chi connectivity index (χ3v) is 3.49. The minimum Gasteiger partial charge on any atom is -0.316 e. The minimum atomic E-state index is -4.23. The molecule has 4 heteroatoms. The van der Waals surface area contributed by atoms with Gasteiger partial charge in [0.1, 0.15) is 0 Å². The van der Waals surface area contributed by atoms with Gasteiger partial charge < -0.3 is 5.32 Å². The summed E-state index contributed by atoms with van der Waals surface area (Å²) in [5.74, 6) is 0.605. The van der Waals surface area contributed by atoms with Crippen LogP contribution in [0.3, 0.4) is 0 Å². The van der Waals surface area contributed by atoms with Crippen LogP contribution in [0.4, 0.5) is 13.2 Å². The Balaban J connectivity index is 1.92. The number of piperidine rings is 1. The lowest BCUT2D eigenvalue weighted by molar-refractivity contribution is -0.137. The Morgan fingerprint density at radius 3 is 2.78 bits per heavy atom. The van der Waals surface area contributed by atoms with Crippen LogP contribution < -0.4 is 5.32 Å². The molecule has 0 spiro atoms. The van der Waals surface area contributed by atoms with E-state index in [0.29, 0.717) is 5.92 Å². The molecule has 0 saturated carbocycles. The van der Waals surface area contributed by atoms with Crippen molar-refractivity contribution < 1.29 is 13.2 Å². The van der Waals surface area contributed by atoms with Crippen LogP contribution in [0.25, 0.3) is 0 Å². The monoisotopic (exact) mass is 257 g/mol. The molecule has 1 fully saturated rings. The van der Waals surface area contributed by atoms with Gasteiger partial charge in [0.25, 0.3) is 0 Å². The molecule has 0 bridgehead atoms. The molecule has 0 unspecified atom stereocenters. The van der Waals surface area contributed by atoms with Gasteiger partial charge in [0.15, 0.2) is 0 Å². The molecule has 1 aliphatic rings. The van der Waals surface area contributed by atoms with E-state index in [2.05, 4.69) is 5.32 Å². The summed E-state index contributed by atoms with van der Waals surface area (Å²) in [7, 11) is 0. The zero-order valence-electron chi connectivity index (χ0n) is 10.3. The molecule has 100 valence electrons. The zero-order valence-corrected chi connectivity index (χ0v) is 10.3. The summed E-state index contributed by atoms with van der Waals surface area (Å²) in [5.41, 5.74) is 0.247. The summed E-state index contributed by atoms with van der Waals surface area (Å²) in [4.78, 5) is 0. The smallest absolute Gasteiger partial charge is 0.316 e. The first kappa shape index (κ1) is 13.4. The average Bonchev–Trinajstić information content (AvgIpc) is 2.37. The quantitative estimate of drug-likeness (QED) is 0.871. The Morgan fingerprint density at radius 2 is 2.11 bits per heavy atom. The van der Waals surface area contributed by atoms with E-state index in [0.717, 1.165) is 37.6 Å². The van der Waals surface area contributed by atoms with Crippen LogP contribution >= 0.6 is 0 Å². The maximum Gasteiger partial charge on any atom is 0.416 e. The molecule has 1 saturated heterocycles. The van der Waals surface area contributed by atoms with Gasteiger partial charge in [0.05, 0.1) is 5.56 Å². The number of alkyl halides is 3. The molecule has 1 heterocycles. The molecule has 1 atom stereocenters. The summed E-state index contributed by atoms with van der Waals surface area (Å²) >= 11 is 0. The molecule has 0 aromatic heterocycles. The first-order valence-corrected chi connectivity index (χ1v) is 6.42. The summed E-state index contributed by atoms with van der Waals surface area (Å²) in [6.45, 7) is 2.07. The predicted octanol–water partition coefficient (Wildman–Crippen LogP) is 3.64. The van der Waals surface area contributed by atoms with Crippen LogP contribution in [0.15, 0.2) is 24.3 Å². The second-order valence-corrected chi connectivity index (χ2v) is 4.95. The van der Waals surface area contributed by atoms with E-state index in [1.807, 2.05) is 0 Å². The third kappa shape index (κ3) is 3.73. The van der Waals surface area contributed by atoms with Gasteiger partial charge in [-0.1, -0.05) is 18.2 Å². The van der Waals surface area contributed by atoms with E-state index >= 15 is 0 Å². The second-order valence-electron chi connectivity index (χ2n) is 4.95. The topological polar surface area (TPSA) is 12.0 Å². The molecule has 2 rings (SSSR count). The molecule has 1 aromatic carbocycles. The van der Waals surface area contributed by atoms with Gasteiger partial charge in [0.2, 0.25) is 0 Å². The van der Waals surface area contributed by atoms with Crippen LogP contribution in [0, 0.1) is 5.92 Å². The molecule has 1 N–H and O–H groups in total. The number of hydrogen-bond acceptors (Lipinski definition) is 1. The SMILES string of the molecule is FC(F)(F)c1cccc(CC[C@@H]2CCCNC2)c1. The lowest BCUT2D eigenvalue weighted by Gasteiger charge is -2.22. The number of hydrogen-bond donors (Lipinski definition) is 1. The first-order chi connectivity index (χ1) is 8.55. The Kier molecular flexibility index (Phi) is 4.27. The Hall–Kier alpha value is -1.03. The number of halogens is 3. The van der Waals surface area contributed by atoms with Gasteiger partial charge in [0, 0.05) is 0 Å². The summed E-state index contributed by atoms with van der Waals surface area (Å²) in [6.07, 6.45) is -0.174. The lowest BCUT2D eigenvalue weighted by Crippen LogP contribution is -2.29. The van der Waals surface area contributed by atoms with E-state index < -0.39 is 11.7 Å². The zero-order chi connectivity index (χ0) is 13.0. The molecule has 1 aromatic rings. The molecular weight excluding hydrogens is 239 g/mol. The fraction of sp³-hybridized carbons (Fsp3) is 0.571. The van der Waals surface area contributed by atoms with Crippen molar-refractivity contribution in [1.82, 2.24) is 5.32 Å². The normalized spacial score (nSPS) is 20.9. The molecule has 1 aliphatic heterocycles. The summed E-state index contributed by atoms with van der Waals surface area (Å²) in [6, 6.07) is 5.69. The minimum absolute atomic E-state index is 0.540. The van der Waals surface area contributed by atoms with Crippen LogP contribution in [0.5, 0.6) is 0 Å². The predicted molar refractivity (Wildman–Crippen MR) is 65.4 cm³/mol. The van der Waals surface area contributed by atoms with Crippen molar-refractivity contribution in [2.24, 2.45) is 5.92 Å². The van der Waals surface area contributed by atoms with Gasteiger partial charge in [-0.2, -0.15) is 13.2 Å². The first-order valence-electron chi connectivity index (χ1n) is 6.42. The second kappa shape index (κ2) is 5.74. The molecule has 18 heavy (non-hydrogen) atoms. The Morgan fingerprint density at radius 1 is 1.28 bits per heavy atom. The summed E-state index contributed by atoms with van der Waals surface area (Å²) < 4.78 is 37.7. The average molecular weight is 257 g/mol. The van der Waals surface area contributed by atoms with E-state index in [1.54, 1.807) is 6.07 Å². The van der Waals surface area contributed by atoms with Crippen molar-refractivity contribution in [3.05, 3.63) is 35.4 Å². The van der Waals surface area contributed by atoms with Crippen LogP contribution in [-0.2, 0) is 12.6 Å². The van der Waals surface area contributed by atoms with Crippen molar-refractivity contribution in [2.45, 2.75) is 31.9 Å². The van der Waals surface area contributed by atoms with Crippen LogP contribution in [-0.4, -0.2) is 13.1 Å². The van der Waals surface area contributed by atoms with Crippen LogP contribution in [0.1, 0.15) is 30.4 Å². The van der Waals surface area contributed by atoms with E-state index in [1.165, 1.54) is 25.0 Å². The van der Waals surface area contributed by atoms with Crippen molar-refractivity contribution in [3.8, 4) is 0 Å². The standard InChI is InChI=1S/C14H18F3N/c15-14(16,17)13-5-1-3-11(9-13)6-7-12-4-2-8-18-10-12/h1,3,5,9,12,18H,2,4,6-8,10H2/t12-/m0/s1. The summed E-state index contributed by atoms with van der Waals surface area (Å²) in [5, 5.41) is 3.33. The largest absolute Gasteiger partial charge is 0.416 e. The fourth-order valence-electron chi connectivity index (χ4n) is 2.44. The highest BCUT2D eigenvalue weighted by atomic mass is 19.4. The molecule has 0 amide bonds. The number of rotatable bonds is 3. The maximum absolute atomic E-state index is 12.6. The van der Waals surface area contributed by atoms with E-state index in [-0.39, 0.29) is 0 Å². The Labute approximate surface area is 105 Å². The number of benzene rings is 1. The van der Waals surface area contributed by atoms with E-state index in [9.17, 15) is 13.2 Å². The van der Waals surface area contributed by atoms with E-state index in [4.69, 9.17) is 0 Å². The molecular formula is C14H18F3N. The van der Waals surface area contributed by atoms with Gasteiger partial charge in [-0.25, -0.2) is 0 Å². The lowest BCUT2D eigenvalue weighted by atomic mass is 9.92. The molecule has 0 aliphatic carbocycles. The third-order valence-electron chi connectivity index (χ3n) is 3.49. The Bertz CT molecular complexity index is 381. The highest BCUT2D eigenvalue weighted by Gasteiger charge is 2.30. The highest BCUT2D eigenvalue weighted by molar-refractivity contribution is 5.25. The maximum atomic E-state index is 12.6. The number of aryl methyl sites for hydroxylation is 1. The van der Waals surface area contributed by atoms with Crippen molar-refractivity contribution >= 4 is 0 Å². The molecule has 1 nitrogen and oxygen atoms in total. The van der Waals surface area contributed by atoms with Gasteiger partial charge in [-0.15, -0.1) is 0 Å². The van der Waals surface area contributed by atoms with Crippen molar-refractivity contribution in [2.75, 3.05) is 13.1 Å². The number of nitrogens with one attached hydrogen (secondary N) is 1. The van der Waals surface area contributed by atoms with Gasteiger partial charge in [-0.3, -0.25) is 0 Å². The van der Waals surface area contributed by atoms with Crippen LogP contribution in [0.2, 0.25) is 0 Å². The van der Waals surface area contributed by atoms with Gasteiger partial charge >= 0.3 is 6.18 Å². The highest BCUT2D eigenvalue weighted by Crippen LogP contribution is 2.30. The van der Waals surface area contributed by atoms with Gasteiger partial charge in [-0.05, 0) is 56.3 Å².